The molecule has 0 aliphatic rings. The molecule has 0 spiro atoms. The van der Waals surface area contributed by atoms with E-state index in [1.54, 1.807) is 6.07 Å². The first-order valence-corrected chi connectivity index (χ1v) is 4.71. The van der Waals surface area contributed by atoms with Crippen molar-refractivity contribution in [1.29, 1.82) is 0 Å². The van der Waals surface area contributed by atoms with E-state index in [0.29, 0.717) is 11.8 Å². The summed E-state index contributed by atoms with van der Waals surface area (Å²) in [6.07, 6.45) is 2.83. The second-order valence-corrected chi connectivity index (χ2v) is 3.18. The molecule has 0 unspecified atom stereocenters. The molecule has 0 aliphatic carbocycles. The molecular formula is C12H10O5. The number of carboxylic acids is 1. The van der Waals surface area contributed by atoms with Crippen LogP contribution in [-0.4, -0.2) is 23.3 Å². The van der Waals surface area contributed by atoms with E-state index in [2.05, 4.69) is 0 Å². The van der Waals surface area contributed by atoms with Crippen molar-refractivity contribution in [3.63, 3.8) is 0 Å². The van der Waals surface area contributed by atoms with Crippen molar-refractivity contribution in [3.05, 3.63) is 35.4 Å². The molecule has 1 rings (SSSR count). The van der Waals surface area contributed by atoms with Gasteiger partial charge in [0.05, 0.1) is 5.56 Å². The first-order chi connectivity index (χ1) is 8.02. The zero-order valence-electron chi connectivity index (χ0n) is 9.04. The largest absolute Gasteiger partial charge is 0.478 e. The van der Waals surface area contributed by atoms with Gasteiger partial charge in [-0.1, -0.05) is 6.07 Å². The van der Waals surface area contributed by atoms with Crippen molar-refractivity contribution < 1.29 is 24.2 Å². The molecule has 0 fully saturated rings. The van der Waals surface area contributed by atoms with Gasteiger partial charge in [0.2, 0.25) is 0 Å². The van der Waals surface area contributed by atoms with Crippen LogP contribution in [0.4, 0.5) is 0 Å². The van der Waals surface area contributed by atoms with Crippen LogP contribution in [0.25, 0.3) is 6.08 Å². The fourth-order valence-corrected chi connectivity index (χ4v) is 1.18. The van der Waals surface area contributed by atoms with Gasteiger partial charge in [-0.15, -0.1) is 0 Å². The van der Waals surface area contributed by atoms with Crippen molar-refractivity contribution in [2.75, 3.05) is 0 Å². The van der Waals surface area contributed by atoms with Crippen molar-refractivity contribution in [2.45, 2.75) is 6.92 Å². The van der Waals surface area contributed by atoms with Gasteiger partial charge in [0.15, 0.2) is 6.29 Å². The number of carboxylic acid groups (broad SMARTS) is 1. The molecule has 1 aromatic carbocycles. The van der Waals surface area contributed by atoms with E-state index in [0.717, 1.165) is 6.08 Å². The van der Waals surface area contributed by atoms with Gasteiger partial charge in [0, 0.05) is 13.0 Å². The lowest BCUT2D eigenvalue weighted by molar-refractivity contribution is -0.132. The number of aliphatic carboxylic acids is 1. The fraction of sp³-hybridized carbons (Fsp3) is 0.0833. The first-order valence-electron chi connectivity index (χ1n) is 4.71. The normalized spacial score (nSPS) is 10.2. The highest BCUT2D eigenvalue weighted by Gasteiger charge is 2.05. The van der Waals surface area contributed by atoms with Crippen LogP contribution in [-0.2, 0) is 9.59 Å². The Morgan fingerprint density at radius 1 is 1.35 bits per heavy atom. The third-order valence-corrected chi connectivity index (χ3v) is 1.83. The number of hydrogen-bond acceptors (Lipinski definition) is 4. The second-order valence-electron chi connectivity index (χ2n) is 3.18. The topological polar surface area (TPSA) is 80.7 Å². The molecule has 0 saturated carbocycles. The molecule has 0 aliphatic heterocycles. The van der Waals surface area contributed by atoms with Crippen LogP contribution in [0.3, 0.4) is 0 Å². The highest BCUT2D eigenvalue weighted by Crippen LogP contribution is 2.19. The van der Waals surface area contributed by atoms with Crippen LogP contribution in [0.5, 0.6) is 5.75 Å². The summed E-state index contributed by atoms with van der Waals surface area (Å²) in [5, 5.41) is 8.45. The van der Waals surface area contributed by atoms with Crippen LogP contribution in [0.2, 0.25) is 0 Å². The SMILES string of the molecule is CC(=O)Oc1ccc(C=CC(=O)O)cc1C=O. The Labute approximate surface area is 97.3 Å². The van der Waals surface area contributed by atoms with E-state index in [9.17, 15) is 14.4 Å². The third-order valence-electron chi connectivity index (χ3n) is 1.83. The zero-order valence-corrected chi connectivity index (χ0v) is 9.04. The number of rotatable bonds is 4. The number of hydrogen-bond donors (Lipinski definition) is 1. The summed E-state index contributed by atoms with van der Waals surface area (Å²) < 4.78 is 4.81. The monoisotopic (exact) mass is 234 g/mol. The zero-order chi connectivity index (χ0) is 12.8. The van der Waals surface area contributed by atoms with Crippen LogP contribution < -0.4 is 4.74 Å². The van der Waals surface area contributed by atoms with Crippen LogP contribution in [0.15, 0.2) is 24.3 Å². The Hall–Kier alpha value is -2.43. The molecule has 5 nitrogen and oxygen atoms in total. The molecule has 17 heavy (non-hydrogen) atoms. The van der Waals surface area contributed by atoms with Gasteiger partial charge < -0.3 is 9.84 Å². The highest BCUT2D eigenvalue weighted by molar-refractivity contribution is 5.87. The average Bonchev–Trinajstić information content (AvgIpc) is 2.26. The lowest BCUT2D eigenvalue weighted by Crippen LogP contribution is -2.03. The lowest BCUT2D eigenvalue weighted by atomic mass is 10.1. The molecule has 0 radical (unpaired) electrons. The molecule has 0 heterocycles. The third kappa shape index (κ3) is 3.90. The predicted octanol–water partition coefficient (Wildman–Crippen LogP) is 1.52. The highest BCUT2D eigenvalue weighted by atomic mass is 16.5. The first kappa shape index (κ1) is 12.6. The number of carbonyl (C=O) groups excluding carboxylic acids is 2. The minimum Gasteiger partial charge on any atom is -0.478 e. The summed E-state index contributed by atoms with van der Waals surface area (Å²) in [7, 11) is 0. The summed E-state index contributed by atoms with van der Waals surface area (Å²) in [5.74, 6) is -1.45. The van der Waals surface area contributed by atoms with E-state index in [4.69, 9.17) is 9.84 Å². The average molecular weight is 234 g/mol. The van der Waals surface area contributed by atoms with Crippen molar-refractivity contribution >= 4 is 24.3 Å². The van der Waals surface area contributed by atoms with Gasteiger partial charge >= 0.3 is 11.9 Å². The summed E-state index contributed by atoms with van der Waals surface area (Å²) in [5.41, 5.74) is 0.721. The maximum atomic E-state index is 10.8. The predicted molar refractivity (Wildman–Crippen MR) is 59.8 cm³/mol. The Bertz CT molecular complexity index is 488. The second kappa shape index (κ2) is 5.60. The van der Waals surface area contributed by atoms with Gasteiger partial charge in [0.25, 0.3) is 0 Å². The molecule has 1 aromatic rings. The molecule has 0 atom stereocenters. The van der Waals surface area contributed by atoms with Gasteiger partial charge in [-0.2, -0.15) is 0 Å². The Balaban J connectivity index is 3.03. The van der Waals surface area contributed by atoms with Crippen LogP contribution in [0, 0.1) is 0 Å². The quantitative estimate of drug-likeness (QED) is 0.369. The molecule has 0 aromatic heterocycles. The number of aldehydes is 1. The molecule has 0 saturated heterocycles. The van der Waals surface area contributed by atoms with E-state index >= 15 is 0 Å². The summed E-state index contributed by atoms with van der Waals surface area (Å²) in [4.78, 5) is 31.8. The number of ether oxygens (including phenoxy) is 1. The van der Waals surface area contributed by atoms with Crippen LogP contribution in [0.1, 0.15) is 22.8 Å². The number of carbonyl (C=O) groups is 3. The van der Waals surface area contributed by atoms with Gasteiger partial charge in [-0.25, -0.2) is 4.79 Å². The molecule has 5 heteroatoms. The minimum atomic E-state index is -1.08. The lowest BCUT2D eigenvalue weighted by Gasteiger charge is -2.04. The van der Waals surface area contributed by atoms with Gasteiger partial charge in [-0.3, -0.25) is 9.59 Å². The van der Waals surface area contributed by atoms with E-state index in [1.807, 2.05) is 0 Å². The summed E-state index contributed by atoms with van der Waals surface area (Å²) in [6, 6.07) is 4.42. The molecular weight excluding hydrogens is 224 g/mol. The summed E-state index contributed by atoms with van der Waals surface area (Å²) >= 11 is 0. The summed E-state index contributed by atoms with van der Waals surface area (Å²) in [6.45, 7) is 1.23. The Morgan fingerprint density at radius 3 is 2.59 bits per heavy atom. The Morgan fingerprint density at radius 2 is 2.06 bits per heavy atom. The van der Waals surface area contributed by atoms with Crippen LogP contribution >= 0.6 is 0 Å². The standard InChI is InChI=1S/C12H10O5/c1-8(14)17-11-4-2-9(3-5-12(15)16)6-10(11)7-13/h2-7H,1H3,(H,15,16). The Kier molecular flexibility index (Phi) is 4.16. The molecule has 0 bridgehead atoms. The number of benzene rings is 1. The molecule has 0 amide bonds. The molecule has 1 N–H and O–H groups in total. The van der Waals surface area contributed by atoms with Gasteiger partial charge in [0.1, 0.15) is 5.75 Å². The van der Waals surface area contributed by atoms with E-state index < -0.39 is 11.9 Å². The van der Waals surface area contributed by atoms with Crippen molar-refractivity contribution in [2.24, 2.45) is 0 Å². The maximum Gasteiger partial charge on any atom is 0.328 e. The van der Waals surface area contributed by atoms with Crippen molar-refractivity contribution in [3.8, 4) is 5.75 Å². The van der Waals surface area contributed by atoms with Crippen molar-refractivity contribution in [1.82, 2.24) is 0 Å². The minimum absolute atomic E-state index is 0.153. The molecule has 88 valence electrons. The smallest absolute Gasteiger partial charge is 0.328 e. The maximum absolute atomic E-state index is 10.8. The van der Waals surface area contributed by atoms with E-state index in [1.165, 1.54) is 25.1 Å². The van der Waals surface area contributed by atoms with E-state index in [-0.39, 0.29) is 11.3 Å². The number of esters is 1. The van der Waals surface area contributed by atoms with Gasteiger partial charge in [-0.05, 0) is 23.8 Å². The fourth-order valence-electron chi connectivity index (χ4n) is 1.18.